The quantitative estimate of drug-likeness (QED) is 0.345. The number of hydrogen-bond donors (Lipinski definition) is 1. The number of amides is 1. The molecule has 0 bridgehead atoms. The standard InChI is InChI=1S/C29H28ClN5O3/c1-34-10-12-35(13-11-34)29(37)20-4-8-26(32-18-20)21-14-22-15-24(38-28(22)25(30)16-21)7-6-23(36)5-2-19-3-9-27(31)33-17-19/h2-5,8-9,14-18H,6-7,10-13H2,1H3,(H2,31,33)/b5-2+. The number of nitrogens with zero attached hydrogens (tertiary/aromatic N) is 4. The smallest absolute Gasteiger partial charge is 0.255 e. The van der Waals surface area contributed by atoms with Gasteiger partial charge < -0.3 is 20.0 Å². The van der Waals surface area contributed by atoms with E-state index in [0.717, 1.165) is 29.6 Å². The molecule has 8 nitrogen and oxygen atoms in total. The summed E-state index contributed by atoms with van der Waals surface area (Å²) in [4.78, 5) is 37.8. The van der Waals surface area contributed by atoms with Gasteiger partial charge in [0.25, 0.3) is 5.91 Å². The number of likely N-dealkylation sites (N-methyl/N-ethyl adjacent to an activating group) is 1. The molecule has 0 saturated carbocycles. The van der Waals surface area contributed by atoms with Crippen molar-refractivity contribution < 1.29 is 14.0 Å². The minimum Gasteiger partial charge on any atom is -0.459 e. The zero-order valence-corrected chi connectivity index (χ0v) is 21.8. The van der Waals surface area contributed by atoms with E-state index in [1.165, 1.54) is 6.08 Å². The van der Waals surface area contributed by atoms with Crippen LogP contribution in [0.25, 0.3) is 28.3 Å². The van der Waals surface area contributed by atoms with Crippen LogP contribution in [-0.4, -0.2) is 64.7 Å². The molecule has 1 fully saturated rings. The average molecular weight is 530 g/mol. The van der Waals surface area contributed by atoms with Gasteiger partial charge in [-0.15, -0.1) is 0 Å². The number of rotatable bonds is 7. The summed E-state index contributed by atoms with van der Waals surface area (Å²) < 4.78 is 5.94. The van der Waals surface area contributed by atoms with Crippen molar-refractivity contribution in [3.05, 3.63) is 82.8 Å². The molecule has 0 spiro atoms. The summed E-state index contributed by atoms with van der Waals surface area (Å²) in [5.74, 6) is 1.09. The number of furan rings is 1. The van der Waals surface area contributed by atoms with Crippen molar-refractivity contribution >= 4 is 46.2 Å². The largest absolute Gasteiger partial charge is 0.459 e. The highest BCUT2D eigenvalue weighted by atomic mass is 35.5. The second kappa shape index (κ2) is 11.2. The summed E-state index contributed by atoms with van der Waals surface area (Å²) in [5.41, 5.74) is 9.07. The van der Waals surface area contributed by atoms with Crippen molar-refractivity contribution in [2.75, 3.05) is 39.0 Å². The van der Waals surface area contributed by atoms with Crippen LogP contribution in [0, 0.1) is 0 Å². The van der Waals surface area contributed by atoms with Gasteiger partial charge in [-0.2, -0.15) is 0 Å². The Labute approximate surface area is 225 Å². The lowest BCUT2D eigenvalue weighted by atomic mass is 10.1. The first-order valence-electron chi connectivity index (χ1n) is 12.4. The van der Waals surface area contributed by atoms with Crippen LogP contribution in [0.3, 0.4) is 0 Å². The van der Waals surface area contributed by atoms with E-state index in [0.29, 0.717) is 59.4 Å². The zero-order valence-electron chi connectivity index (χ0n) is 21.1. The number of halogens is 1. The highest BCUT2D eigenvalue weighted by Crippen LogP contribution is 2.33. The lowest BCUT2D eigenvalue weighted by Crippen LogP contribution is -2.47. The van der Waals surface area contributed by atoms with Gasteiger partial charge in [0.1, 0.15) is 11.6 Å². The SMILES string of the molecule is CN1CCN(C(=O)c2ccc(-c3cc(Cl)c4oc(CCC(=O)/C=C/c5ccc(N)nc5)cc4c3)nc2)CC1. The first kappa shape index (κ1) is 25.6. The minimum absolute atomic E-state index is 0.000338. The summed E-state index contributed by atoms with van der Waals surface area (Å²) in [6.07, 6.45) is 7.23. The summed E-state index contributed by atoms with van der Waals surface area (Å²) in [7, 11) is 2.06. The van der Waals surface area contributed by atoms with E-state index in [4.69, 9.17) is 21.8 Å². The molecule has 1 aromatic carbocycles. The maximum absolute atomic E-state index is 12.8. The van der Waals surface area contributed by atoms with Crippen molar-refractivity contribution in [1.29, 1.82) is 0 Å². The number of anilines is 1. The van der Waals surface area contributed by atoms with Gasteiger partial charge in [0.15, 0.2) is 11.4 Å². The molecular formula is C29H28ClN5O3. The highest BCUT2D eigenvalue weighted by molar-refractivity contribution is 6.35. The molecule has 1 amide bonds. The third kappa shape index (κ3) is 5.93. The van der Waals surface area contributed by atoms with Crippen molar-refractivity contribution in [3.63, 3.8) is 0 Å². The first-order chi connectivity index (χ1) is 18.4. The number of aryl methyl sites for hydroxylation is 1. The molecular weight excluding hydrogens is 502 g/mol. The molecule has 4 heterocycles. The first-order valence-corrected chi connectivity index (χ1v) is 12.8. The minimum atomic E-state index is -0.0236. The molecule has 0 aliphatic carbocycles. The number of allylic oxidation sites excluding steroid dienone is 1. The summed E-state index contributed by atoms with van der Waals surface area (Å²) >= 11 is 6.53. The molecule has 0 unspecified atom stereocenters. The van der Waals surface area contributed by atoms with Crippen molar-refractivity contribution in [2.24, 2.45) is 0 Å². The molecule has 1 saturated heterocycles. The number of ketones is 1. The Hall–Kier alpha value is -4.01. The van der Waals surface area contributed by atoms with E-state index in [1.54, 1.807) is 36.7 Å². The van der Waals surface area contributed by atoms with Crippen molar-refractivity contribution in [2.45, 2.75) is 12.8 Å². The number of piperazine rings is 1. The van der Waals surface area contributed by atoms with Gasteiger partial charge in [-0.3, -0.25) is 14.6 Å². The van der Waals surface area contributed by atoms with Gasteiger partial charge in [-0.25, -0.2) is 4.98 Å². The fourth-order valence-corrected chi connectivity index (χ4v) is 4.62. The maximum atomic E-state index is 12.8. The van der Waals surface area contributed by atoms with Gasteiger partial charge in [0, 0.05) is 62.4 Å². The number of nitrogen functional groups attached to an aromatic ring is 1. The summed E-state index contributed by atoms with van der Waals surface area (Å²) in [6.45, 7) is 3.17. The Morgan fingerprint density at radius 2 is 1.87 bits per heavy atom. The Morgan fingerprint density at radius 1 is 1.05 bits per heavy atom. The van der Waals surface area contributed by atoms with Gasteiger partial charge in [-0.05, 0) is 67.2 Å². The van der Waals surface area contributed by atoms with Crippen LogP contribution in [0.1, 0.15) is 28.1 Å². The number of nitrogens with two attached hydrogens (primary N) is 1. The molecule has 194 valence electrons. The molecule has 38 heavy (non-hydrogen) atoms. The fourth-order valence-electron chi connectivity index (χ4n) is 4.35. The molecule has 0 atom stereocenters. The molecule has 2 N–H and O–H groups in total. The third-order valence-corrected chi connectivity index (χ3v) is 6.89. The Kier molecular flexibility index (Phi) is 7.53. The predicted octanol–water partition coefficient (Wildman–Crippen LogP) is 4.73. The van der Waals surface area contributed by atoms with Gasteiger partial charge in [0.2, 0.25) is 0 Å². The highest BCUT2D eigenvalue weighted by Gasteiger charge is 2.21. The number of carbonyl (C=O) groups is 2. The van der Waals surface area contributed by atoms with E-state index in [-0.39, 0.29) is 11.7 Å². The van der Waals surface area contributed by atoms with Crippen LogP contribution in [0.5, 0.6) is 0 Å². The van der Waals surface area contributed by atoms with E-state index < -0.39 is 0 Å². The second-order valence-electron chi connectivity index (χ2n) is 9.43. The fraction of sp³-hybridized carbons (Fsp3) is 0.241. The Morgan fingerprint density at radius 3 is 2.58 bits per heavy atom. The lowest BCUT2D eigenvalue weighted by molar-refractivity contribution is -0.114. The van der Waals surface area contributed by atoms with Crippen molar-refractivity contribution in [1.82, 2.24) is 19.8 Å². The van der Waals surface area contributed by atoms with E-state index in [1.807, 2.05) is 29.2 Å². The number of benzene rings is 1. The van der Waals surface area contributed by atoms with E-state index in [9.17, 15) is 9.59 Å². The monoisotopic (exact) mass is 529 g/mol. The average Bonchev–Trinajstić information content (AvgIpc) is 3.35. The van der Waals surface area contributed by atoms with Crippen LogP contribution >= 0.6 is 11.6 Å². The topological polar surface area (TPSA) is 106 Å². The molecule has 4 aromatic rings. The second-order valence-corrected chi connectivity index (χ2v) is 9.84. The van der Waals surface area contributed by atoms with Crippen LogP contribution in [0.4, 0.5) is 5.82 Å². The van der Waals surface area contributed by atoms with E-state index in [2.05, 4.69) is 21.9 Å². The van der Waals surface area contributed by atoms with Crippen LogP contribution < -0.4 is 5.73 Å². The van der Waals surface area contributed by atoms with Crippen LogP contribution in [0.15, 0.2) is 65.4 Å². The normalized spacial score (nSPS) is 14.4. The molecule has 3 aromatic heterocycles. The number of carbonyl (C=O) groups excluding carboxylic acids is 2. The Balaban J connectivity index is 1.25. The van der Waals surface area contributed by atoms with Crippen LogP contribution in [-0.2, 0) is 11.2 Å². The summed E-state index contributed by atoms with van der Waals surface area (Å²) in [5, 5.41) is 1.29. The Bertz CT molecular complexity index is 1490. The number of fused-ring (bicyclic) bond motifs is 1. The molecule has 1 aliphatic heterocycles. The zero-order chi connectivity index (χ0) is 26.6. The molecule has 9 heteroatoms. The van der Waals surface area contributed by atoms with Crippen molar-refractivity contribution in [3.8, 4) is 11.3 Å². The van der Waals surface area contributed by atoms with Crippen LogP contribution in [0.2, 0.25) is 5.02 Å². The number of hydrogen-bond acceptors (Lipinski definition) is 7. The van der Waals surface area contributed by atoms with Gasteiger partial charge >= 0.3 is 0 Å². The van der Waals surface area contributed by atoms with Gasteiger partial charge in [0.05, 0.1) is 16.3 Å². The van der Waals surface area contributed by atoms with Gasteiger partial charge in [-0.1, -0.05) is 11.6 Å². The predicted molar refractivity (Wildman–Crippen MR) is 149 cm³/mol. The lowest BCUT2D eigenvalue weighted by Gasteiger charge is -2.32. The number of pyridine rings is 2. The molecule has 5 rings (SSSR count). The molecule has 1 aliphatic rings. The molecule has 0 radical (unpaired) electrons. The maximum Gasteiger partial charge on any atom is 0.255 e. The summed E-state index contributed by atoms with van der Waals surface area (Å²) in [6, 6.07) is 12.8. The van der Waals surface area contributed by atoms with E-state index >= 15 is 0 Å². The third-order valence-electron chi connectivity index (χ3n) is 6.61. The number of aromatic nitrogens is 2.